The SMILES string of the molecule is CCN(C)/C=N\c1cc(C)c(NCc2ccc(Cl)c(Cl)c2)cc1C. The lowest BCUT2D eigenvalue weighted by Gasteiger charge is -2.14. The molecule has 3 nitrogen and oxygen atoms in total. The predicted molar refractivity (Wildman–Crippen MR) is 106 cm³/mol. The van der Waals surface area contributed by atoms with E-state index in [1.807, 2.05) is 36.5 Å². The number of aliphatic imine (C=N–C) groups is 1. The minimum Gasteiger partial charge on any atom is -0.381 e. The van der Waals surface area contributed by atoms with Gasteiger partial charge in [-0.3, -0.25) is 0 Å². The van der Waals surface area contributed by atoms with E-state index in [0.717, 1.165) is 34.6 Å². The number of hydrogen-bond donors (Lipinski definition) is 1. The normalized spacial score (nSPS) is 11.1. The van der Waals surface area contributed by atoms with E-state index in [0.29, 0.717) is 16.6 Å². The van der Waals surface area contributed by atoms with Crippen LogP contribution in [-0.4, -0.2) is 24.8 Å². The van der Waals surface area contributed by atoms with Crippen molar-refractivity contribution in [1.82, 2.24) is 4.90 Å². The zero-order chi connectivity index (χ0) is 17.7. The van der Waals surface area contributed by atoms with E-state index in [-0.39, 0.29) is 0 Å². The Kier molecular flexibility index (Phi) is 6.52. The highest BCUT2D eigenvalue weighted by atomic mass is 35.5. The van der Waals surface area contributed by atoms with Crippen LogP contribution in [0.2, 0.25) is 10.0 Å². The van der Waals surface area contributed by atoms with Crippen LogP contribution in [0.25, 0.3) is 0 Å². The number of halogens is 2. The van der Waals surface area contributed by atoms with Crippen molar-refractivity contribution in [2.45, 2.75) is 27.3 Å². The Morgan fingerprint density at radius 3 is 2.50 bits per heavy atom. The molecule has 5 heteroatoms. The van der Waals surface area contributed by atoms with Gasteiger partial charge in [0.2, 0.25) is 0 Å². The Bertz CT molecular complexity index is 742. The number of hydrogen-bond acceptors (Lipinski definition) is 2. The lowest BCUT2D eigenvalue weighted by molar-refractivity contribution is 0.552. The number of rotatable bonds is 6. The molecule has 0 bridgehead atoms. The molecule has 0 unspecified atom stereocenters. The maximum absolute atomic E-state index is 6.07. The summed E-state index contributed by atoms with van der Waals surface area (Å²) in [6, 6.07) is 9.92. The minimum absolute atomic E-state index is 0.576. The second-order valence-corrected chi connectivity index (χ2v) is 6.69. The molecule has 2 aromatic rings. The number of nitrogens with one attached hydrogen (secondary N) is 1. The molecule has 2 rings (SSSR count). The van der Waals surface area contributed by atoms with Crippen LogP contribution in [-0.2, 0) is 6.54 Å². The first-order valence-electron chi connectivity index (χ1n) is 7.94. The number of benzene rings is 2. The van der Waals surface area contributed by atoms with Crippen LogP contribution in [0.3, 0.4) is 0 Å². The average molecular weight is 364 g/mol. The monoisotopic (exact) mass is 363 g/mol. The van der Waals surface area contributed by atoms with E-state index in [1.54, 1.807) is 0 Å². The molecule has 0 aliphatic rings. The summed E-state index contributed by atoms with van der Waals surface area (Å²) in [4.78, 5) is 6.61. The molecule has 0 saturated carbocycles. The first-order valence-corrected chi connectivity index (χ1v) is 8.69. The van der Waals surface area contributed by atoms with Crippen LogP contribution in [0.15, 0.2) is 35.3 Å². The molecule has 2 aromatic carbocycles. The second-order valence-electron chi connectivity index (χ2n) is 5.87. The molecule has 0 spiro atoms. The lowest BCUT2D eigenvalue weighted by atomic mass is 10.1. The summed E-state index contributed by atoms with van der Waals surface area (Å²) in [7, 11) is 2.01. The van der Waals surface area contributed by atoms with Gasteiger partial charge in [0.15, 0.2) is 0 Å². The van der Waals surface area contributed by atoms with Gasteiger partial charge in [0, 0.05) is 25.8 Å². The third kappa shape index (κ3) is 4.89. The van der Waals surface area contributed by atoms with Crippen LogP contribution in [0.5, 0.6) is 0 Å². The topological polar surface area (TPSA) is 27.6 Å². The number of aryl methyl sites for hydroxylation is 2. The smallest absolute Gasteiger partial charge is 0.0909 e. The van der Waals surface area contributed by atoms with Crippen LogP contribution in [0, 0.1) is 13.8 Å². The summed E-state index contributed by atoms with van der Waals surface area (Å²) >= 11 is 12.0. The molecule has 0 saturated heterocycles. The van der Waals surface area contributed by atoms with Crippen molar-refractivity contribution in [3.63, 3.8) is 0 Å². The molecular formula is C19H23Cl2N3. The fraction of sp³-hybridized carbons (Fsp3) is 0.316. The minimum atomic E-state index is 0.576. The Labute approximate surface area is 154 Å². The summed E-state index contributed by atoms with van der Waals surface area (Å²) in [5, 5.41) is 4.61. The van der Waals surface area contributed by atoms with Crippen molar-refractivity contribution in [2.24, 2.45) is 4.99 Å². The van der Waals surface area contributed by atoms with Gasteiger partial charge in [-0.1, -0.05) is 29.3 Å². The Morgan fingerprint density at radius 1 is 1.08 bits per heavy atom. The van der Waals surface area contributed by atoms with E-state index in [9.17, 15) is 0 Å². The molecule has 0 aromatic heterocycles. The van der Waals surface area contributed by atoms with Crippen molar-refractivity contribution < 1.29 is 0 Å². The van der Waals surface area contributed by atoms with Gasteiger partial charge in [-0.2, -0.15) is 0 Å². The first kappa shape index (κ1) is 18.6. The zero-order valence-electron chi connectivity index (χ0n) is 14.5. The molecule has 1 N–H and O–H groups in total. The molecule has 128 valence electrons. The van der Waals surface area contributed by atoms with Crippen LogP contribution >= 0.6 is 23.2 Å². The average Bonchev–Trinajstić information content (AvgIpc) is 2.56. The highest BCUT2D eigenvalue weighted by Crippen LogP contribution is 2.27. The van der Waals surface area contributed by atoms with Gasteiger partial charge < -0.3 is 10.2 Å². The van der Waals surface area contributed by atoms with Crippen molar-refractivity contribution in [3.8, 4) is 0 Å². The van der Waals surface area contributed by atoms with Crippen molar-refractivity contribution in [3.05, 3.63) is 57.1 Å². The van der Waals surface area contributed by atoms with Gasteiger partial charge in [0.05, 0.1) is 22.1 Å². The van der Waals surface area contributed by atoms with Crippen molar-refractivity contribution >= 4 is 40.9 Å². The third-order valence-corrected chi connectivity index (χ3v) is 4.64. The molecule has 0 aliphatic heterocycles. The van der Waals surface area contributed by atoms with Gasteiger partial charge in [-0.25, -0.2) is 4.99 Å². The van der Waals surface area contributed by atoms with Gasteiger partial charge in [-0.15, -0.1) is 0 Å². The van der Waals surface area contributed by atoms with Crippen LogP contribution in [0.1, 0.15) is 23.6 Å². The Morgan fingerprint density at radius 2 is 1.83 bits per heavy atom. The quantitative estimate of drug-likeness (QED) is 0.516. The van der Waals surface area contributed by atoms with E-state index in [4.69, 9.17) is 23.2 Å². The summed E-state index contributed by atoms with van der Waals surface area (Å²) in [6.45, 7) is 7.88. The zero-order valence-corrected chi connectivity index (χ0v) is 16.0. The van der Waals surface area contributed by atoms with Gasteiger partial charge >= 0.3 is 0 Å². The van der Waals surface area contributed by atoms with E-state index in [2.05, 4.69) is 43.2 Å². The summed E-state index contributed by atoms with van der Waals surface area (Å²) in [5.74, 6) is 0. The lowest BCUT2D eigenvalue weighted by Crippen LogP contribution is -2.14. The molecular weight excluding hydrogens is 341 g/mol. The van der Waals surface area contributed by atoms with E-state index < -0.39 is 0 Å². The largest absolute Gasteiger partial charge is 0.381 e. The summed E-state index contributed by atoms with van der Waals surface area (Å²) in [6.07, 6.45) is 1.87. The van der Waals surface area contributed by atoms with Crippen molar-refractivity contribution in [1.29, 1.82) is 0 Å². The highest BCUT2D eigenvalue weighted by molar-refractivity contribution is 6.42. The molecule has 0 fully saturated rings. The first-order chi connectivity index (χ1) is 11.4. The standard InChI is InChI=1S/C19H23Cl2N3/c1-5-24(4)12-23-19-9-13(2)18(8-14(19)3)22-11-15-6-7-16(20)17(21)10-15/h6-10,12,22H,5,11H2,1-4H3/b23-12-. The Hall–Kier alpha value is -1.71. The number of nitrogens with zero attached hydrogens (tertiary/aromatic N) is 2. The van der Waals surface area contributed by atoms with Crippen LogP contribution < -0.4 is 5.32 Å². The van der Waals surface area contributed by atoms with Crippen molar-refractivity contribution in [2.75, 3.05) is 18.9 Å². The van der Waals surface area contributed by atoms with Crippen LogP contribution in [0.4, 0.5) is 11.4 Å². The summed E-state index contributed by atoms with van der Waals surface area (Å²) < 4.78 is 0. The molecule has 0 atom stereocenters. The molecule has 24 heavy (non-hydrogen) atoms. The molecule has 0 heterocycles. The number of anilines is 1. The van der Waals surface area contributed by atoms with Gasteiger partial charge in [0.25, 0.3) is 0 Å². The fourth-order valence-electron chi connectivity index (χ4n) is 2.22. The Balaban J connectivity index is 2.12. The third-order valence-electron chi connectivity index (χ3n) is 3.90. The summed E-state index contributed by atoms with van der Waals surface area (Å²) in [5.41, 5.74) is 5.48. The fourth-order valence-corrected chi connectivity index (χ4v) is 2.54. The molecule has 0 amide bonds. The van der Waals surface area contributed by atoms with E-state index in [1.165, 1.54) is 0 Å². The maximum Gasteiger partial charge on any atom is 0.0909 e. The van der Waals surface area contributed by atoms with Gasteiger partial charge in [-0.05, 0) is 61.7 Å². The maximum atomic E-state index is 6.07. The molecule has 0 aliphatic carbocycles. The molecule has 0 radical (unpaired) electrons. The van der Waals surface area contributed by atoms with E-state index >= 15 is 0 Å². The second kappa shape index (κ2) is 8.41. The highest BCUT2D eigenvalue weighted by Gasteiger charge is 2.05. The predicted octanol–water partition coefficient (Wildman–Crippen LogP) is 5.83. The van der Waals surface area contributed by atoms with Gasteiger partial charge in [0.1, 0.15) is 0 Å².